The van der Waals surface area contributed by atoms with Gasteiger partial charge in [-0.2, -0.15) is 0 Å². The smallest absolute Gasteiger partial charge is 0.213 e. The third-order valence-corrected chi connectivity index (χ3v) is 2.51. The van der Waals surface area contributed by atoms with E-state index >= 15 is 0 Å². The van der Waals surface area contributed by atoms with E-state index in [9.17, 15) is 0 Å². The van der Waals surface area contributed by atoms with E-state index < -0.39 is 0 Å². The van der Waals surface area contributed by atoms with Gasteiger partial charge in [-0.3, -0.25) is 0 Å². The van der Waals surface area contributed by atoms with Gasteiger partial charge in [-0.1, -0.05) is 0 Å². The third kappa shape index (κ3) is 4.58. The Balaban J connectivity index is 0.000000686. The Bertz CT molecular complexity index is 297. The Labute approximate surface area is 102 Å². The second-order valence-corrected chi connectivity index (χ2v) is 3.60. The fraction of sp³-hybridized carbons (Fsp3) is 0.583. The second kappa shape index (κ2) is 7.86. The maximum Gasteiger partial charge on any atom is 0.213 e. The molecule has 0 aromatic carbocycles. The molecule has 1 aromatic rings. The lowest BCUT2D eigenvalue weighted by atomic mass is 10.1. The van der Waals surface area contributed by atoms with Gasteiger partial charge in [0.05, 0.1) is 13.3 Å². The predicted molar refractivity (Wildman–Crippen MR) is 65.5 cm³/mol. The number of methoxy groups -OCH3 is 1. The van der Waals surface area contributed by atoms with Crippen LogP contribution in [0.15, 0.2) is 18.3 Å². The number of pyridine rings is 1. The lowest BCUT2D eigenvalue weighted by molar-refractivity contribution is 0.161. The van der Waals surface area contributed by atoms with Gasteiger partial charge in [-0.25, -0.2) is 4.98 Å². The van der Waals surface area contributed by atoms with Gasteiger partial charge in [0.2, 0.25) is 5.88 Å². The molecule has 0 spiro atoms. The summed E-state index contributed by atoms with van der Waals surface area (Å²) in [5.41, 5.74) is 0. The zero-order valence-electron chi connectivity index (χ0n) is 10.3. The van der Waals surface area contributed by atoms with E-state index in [-0.39, 0.29) is 0 Å². The van der Waals surface area contributed by atoms with Crippen LogP contribution in [-0.4, -0.2) is 43.5 Å². The number of nitrogens with zero attached hydrogens (tertiary/aromatic N) is 1. The molecule has 96 valence electrons. The fourth-order valence-electron chi connectivity index (χ4n) is 1.66. The fourth-order valence-corrected chi connectivity index (χ4v) is 1.66. The standard InChI is InChI=1S/C11H16N2O2.CH4O/c1-14-11-3-2-10(8-13-11)15-9-4-6-12-7-5-9;1-2/h2-3,8-9,12H,4-7H2,1H3;2H,1H3. The molecule has 0 aliphatic carbocycles. The van der Waals surface area contributed by atoms with Crippen molar-refractivity contribution in [3.8, 4) is 11.6 Å². The number of aromatic nitrogens is 1. The molecule has 1 fully saturated rings. The molecule has 17 heavy (non-hydrogen) atoms. The van der Waals surface area contributed by atoms with Gasteiger partial charge < -0.3 is 19.9 Å². The highest BCUT2D eigenvalue weighted by Gasteiger charge is 2.14. The number of hydrogen-bond acceptors (Lipinski definition) is 5. The van der Waals surface area contributed by atoms with Gasteiger partial charge in [-0.05, 0) is 32.0 Å². The molecule has 0 saturated carbocycles. The van der Waals surface area contributed by atoms with E-state index in [1.54, 1.807) is 13.3 Å². The minimum Gasteiger partial charge on any atom is -0.489 e. The Morgan fingerprint density at radius 2 is 2.00 bits per heavy atom. The molecule has 1 aliphatic heterocycles. The van der Waals surface area contributed by atoms with Crippen LogP contribution in [0.1, 0.15) is 12.8 Å². The number of aliphatic hydroxyl groups excluding tert-OH is 1. The molecule has 0 atom stereocenters. The van der Waals surface area contributed by atoms with Crippen LogP contribution in [0.3, 0.4) is 0 Å². The maximum absolute atomic E-state index is 7.00. The normalized spacial score (nSPS) is 15.7. The number of piperidine rings is 1. The first-order valence-electron chi connectivity index (χ1n) is 5.70. The summed E-state index contributed by atoms with van der Waals surface area (Å²) in [6.07, 6.45) is 4.15. The number of aliphatic hydroxyl groups is 1. The van der Waals surface area contributed by atoms with Gasteiger partial charge in [0, 0.05) is 13.2 Å². The molecule has 1 saturated heterocycles. The SMILES string of the molecule is CO.COc1ccc(OC2CCNCC2)cn1. The second-order valence-electron chi connectivity index (χ2n) is 3.60. The van der Waals surface area contributed by atoms with Crippen LogP contribution >= 0.6 is 0 Å². The average molecular weight is 240 g/mol. The van der Waals surface area contributed by atoms with Crippen molar-refractivity contribution in [3.05, 3.63) is 18.3 Å². The van der Waals surface area contributed by atoms with Crippen LogP contribution < -0.4 is 14.8 Å². The Kier molecular flexibility index (Phi) is 6.35. The van der Waals surface area contributed by atoms with Gasteiger partial charge in [0.25, 0.3) is 0 Å². The van der Waals surface area contributed by atoms with Crippen LogP contribution in [0.2, 0.25) is 0 Å². The zero-order valence-corrected chi connectivity index (χ0v) is 10.3. The zero-order chi connectivity index (χ0) is 12.5. The van der Waals surface area contributed by atoms with Crippen molar-refractivity contribution in [2.75, 3.05) is 27.3 Å². The molecule has 0 unspecified atom stereocenters. The maximum atomic E-state index is 7.00. The highest BCUT2D eigenvalue weighted by atomic mass is 16.5. The van der Waals surface area contributed by atoms with Gasteiger partial charge in [0.15, 0.2) is 0 Å². The van der Waals surface area contributed by atoms with E-state index in [1.807, 2.05) is 12.1 Å². The largest absolute Gasteiger partial charge is 0.489 e. The third-order valence-electron chi connectivity index (χ3n) is 2.51. The first-order valence-corrected chi connectivity index (χ1v) is 5.70. The Morgan fingerprint density at radius 1 is 1.29 bits per heavy atom. The summed E-state index contributed by atoms with van der Waals surface area (Å²) in [4.78, 5) is 4.10. The van der Waals surface area contributed by atoms with Crippen LogP contribution in [0.4, 0.5) is 0 Å². The molecule has 1 aromatic heterocycles. The molecule has 5 heteroatoms. The van der Waals surface area contributed by atoms with Crippen molar-refractivity contribution in [1.29, 1.82) is 0 Å². The van der Waals surface area contributed by atoms with Gasteiger partial charge in [-0.15, -0.1) is 0 Å². The number of ether oxygens (including phenoxy) is 2. The topological polar surface area (TPSA) is 63.6 Å². The highest BCUT2D eigenvalue weighted by Crippen LogP contribution is 2.17. The molecule has 2 N–H and O–H groups in total. The first kappa shape index (κ1) is 13.7. The van der Waals surface area contributed by atoms with E-state index in [4.69, 9.17) is 14.6 Å². The monoisotopic (exact) mass is 240 g/mol. The molecule has 0 amide bonds. The minimum absolute atomic E-state index is 0.321. The van der Waals surface area contributed by atoms with Crippen LogP contribution in [0, 0.1) is 0 Å². The molecule has 0 bridgehead atoms. The van der Waals surface area contributed by atoms with Crippen LogP contribution in [0.5, 0.6) is 11.6 Å². The minimum atomic E-state index is 0.321. The van der Waals surface area contributed by atoms with Crippen LogP contribution in [-0.2, 0) is 0 Å². The molecule has 1 aliphatic rings. The summed E-state index contributed by atoms with van der Waals surface area (Å²) in [5.74, 6) is 1.44. The van der Waals surface area contributed by atoms with Crippen molar-refractivity contribution in [2.45, 2.75) is 18.9 Å². The van der Waals surface area contributed by atoms with Crippen molar-refractivity contribution < 1.29 is 14.6 Å². The van der Waals surface area contributed by atoms with Crippen LogP contribution in [0.25, 0.3) is 0 Å². The van der Waals surface area contributed by atoms with E-state index in [2.05, 4.69) is 10.3 Å². The summed E-state index contributed by atoms with van der Waals surface area (Å²) in [7, 11) is 2.61. The van der Waals surface area contributed by atoms with Crippen molar-refractivity contribution in [2.24, 2.45) is 0 Å². The quantitative estimate of drug-likeness (QED) is 0.819. The molecule has 5 nitrogen and oxygen atoms in total. The van der Waals surface area contributed by atoms with Crippen molar-refractivity contribution in [3.63, 3.8) is 0 Å². The lowest BCUT2D eigenvalue weighted by Gasteiger charge is -2.23. The summed E-state index contributed by atoms with van der Waals surface area (Å²) >= 11 is 0. The number of rotatable bonds is 3. The number of nitrogens with one attached hydrogen (secondary N) is 1. The predicted octanol–water partition coefficient (Wildman–Crippen LogP) is 0.829. The lowest BCUT2D eigenvalue weighted by Crippen LogP contribution is -2.34. The summed E-state index contributed by atoms with van der Waals surface area (Å²) < 4.78 is 10.8. The molecular formula is C12H20N2O3. The van der Waals surface area contributed by atoms with Gasteiger partial charge in [0.1, 0.15) is 11.9 Å². The molecule has 0 radical (unpaired) electrons. The molecular weight excluding hydrogens is 220 g/mol. The number of hydrogen-bond donors (Lipinski definition) is 2. The first-order chi connectivity index (χ1) is 8.38. The molecule has 2 heterocycles. The Hall–Kier alpha value is -1.33. The Morgan fingerprint density at radius 3 is 2.53 bits per heavy atom. The van der Waals surface area contributed by atoms with Crippen molar-refractivity contribution >= 4 is 0 Å². The van der Waals surface area contributed by atoms with E-state index in [0.717, 1.165) is 38.8 Å². The van der Waals surface area contributed by atoms with E-state index in [1.165, 1.54) is 0 Å². The van der Waals surface area contributed by atoms with E-state index in [0.29, 0.717) is 12.0 Å². The van der Waals surface area contributed by atoms with Gasteiger partial charge >= 0.3 is 0 Å². The summed E-state index contributed by atoms with van der Waals surface area (Å²) in [6.45, 7) is 2.07. The summed E-state index contributed by atoms with van der Waals surface area (Å²) in [6, 6.07) is 3.71. The summed E-state index contributed by atoms with van der Waals surface area (Å²) in [5, 5.41) is 10.3. The van der Waals surface area contributed by atoms with Crippen molar-refractivity contribution in [1.82, 2.24) is 10.3 Å². The highest BCUT2D eigenvalue weighted by molar-refractivity contribution is 5.23. The molecule has 2 rings (SSSR count). The average Bonchev–Trinajstić information content (AvgIpc) is 2.43.